The van der Waals surface area contributed by atoms with E-state index in [1.54, 1.807) is 0 Å². The Morgan fingerprint density at radius 1 is 0.810 bits per heavy atom. The van der Waals surface area contributed by atoms with Gasteiger partial charge < -0.3 is 15.2 Å². The summed E-state index contributed by atoms with van der Waals surface area (Å²) in [7, 11) is 0. The van der Waals surface area contributed by atoms with Gasteiger partial charge in [0.05, 0.1) is 12.2 Å². The smallest absolute Gasteiger partial charge is 0.131 e. The Hall–Kier alpha value is -0.120. The van der Waals surface area contributed by atoms with Gasteiger partial charge in [-0.2, -0.15) is 0 Å². The van der Waals surface area contributed by atoms with E-state index in [-0.39, 0.29) is 18.4 Å². The van der Waals surface area contributed by atoms with Crippen molar-refractivity contribution in [2.24, 2.45) is 5.73 Å². The lowest BCUT2D eigenvalue weighted by Crippen LogP contribution is -2.39. The number of hydrogen-bond acceptors (Lipinski definition) is 3. The maximum absolute atomic E-state index is 5.94. The molecule has 0 saturated heterocycles. The summed E-state index contributed by atoms with van der Waals surface area (Å²) in [4.78, 5) is 0. The molecule has 0 bridgehead atoms. The third kappa shape index (κ3) is 13.3. The van der Waals surface area contributed by atoms with E-state index in [4.69, 9.17) is 15.2 Å². The zero-order chi connectivity index (χ0) is 15.9. The Morgan fingerprint density at radius 3 is 1.95 bits per heavy atom. The van der Waals surface area contributed by atoms with E-state index in [9.17, 15) is 0 Å². The van der Waals surface area contributed by atoms with E-state index >= 15 is 0 Å². The van der Waals surface area contributed by atoms with Gasteiger partial charge >= 0.3 is 0 Å². The molecule has 3 nitrogen and oxygen atoms in total. The summed E-state index contributed by atoms with van der Waals surface area (Å²) in [6, 6.07) is 0. The number of nitrogens with two attached hydrogens (primary N) is 1. The molecule has 0 heterocycles. The predicted octanol–water partition coefficient (Wildman–Crippen LogP) is 5.02. The van der Waals surface area contributed by atoms with Crippen molar-refractivity contribution in [1.82, 2.24) is 0 Å². The van der Waals surface area contributed by atoms with Crippen LogP contribution in [0.5, 0.6) is 0 Å². The standard InChI is InChI=1S/C18H39NO2/c1-5-7-8-9-10-11-12-13-14-16(3)21-17(4)18(19)20-15-6-2/h16-18H,5-15,19H2,1-4H3. The number of rotatable bonds is 15. The van der Waals surface area contributed by atoms with Crippen molar-refractivity contribution >= 4 is 0 Å². The number of hydrogen-bond donors (Lipinski definition) is 1. The summed E-state index contributed by atoms with van der Waals surface area (Å²) in [5, 5.41) is 0. The molecule has 0 aliphatic carbocycles. The molecule has 0 aliphatic heterocycles. The van der Waals surface area contributed by atoms with Gasteiger partial charge in [-0.3, -0.25) is 0 Å². The highest BCUT2D eigenvalue weighted by molar-refractivity contribution is 4.62. The fourth-order valence-electron chi connectivity index (χ4n) is 2.47. The Kier molecular flexibility index (Phi) is 14.7. The molecular formula is C18H39NO2. The van der Waals surface area contributed by atoms with E-state index < -0.39 is 0 Å². The summed E-state index contributed by atoms with van der Waals surface area (Å²) in [6.07, 6.45) is 12.9. The quantitative estimate of drug-likeness (QED) is 0.341. The van der Waals surface area contributed by atoms with Crippen molar-refractivity contribution in [3.63, 3.8) is 0 Å². The minimum Gasteiger partial charge on any atom is -0.371 e. The van der Waals surface area contributed by atoms with E-state index in [1.807, 2.05) is 6.92 Å². The molecule has 0 aromatic rings. The summed E-state index contributed by atoms with van der Waals surface area (Å²) in [5.74, 6) is 0. The summed E-state index contributed by atoms with van der Waals surface area (Å²) < 4.78 is 11.4. The zero-order valence-electron chi connectivity index (χ0n) is 14.9. The van der Waals surface area contributed by atoms with Crippen LogP contribution >= 0.6 is 0 Å². The zero-order valence-corrected chi connectivity index (χ0v) is 14.9. The minimum atomic E-state index is -0.300. The van der Waals surface area contributed by atoms with Gasteiger partial charge in [0.25, 0.3) is 0 Å². The van der Waals surface area contributed by atoms with Crippen molar-refractivity contribution in [2.45, 2.75) is 110 Å². The Morgan fingerprint density at radius 2 is 1.38 bits per heavy atom. The van der Waals surface area contributed by atoms with Crippen molar-refractivity contribution < 1.29 is 9.47 Å². The van der Waals surface area contributed by atoms with Crippen LogP contribution in [-0.4, -0.2) is 25.0 Å². The molecule has 0 rings (SSSR count). The van der Waals surface area contributed by atoms with E-state index in [0.29, 0.717) is 6.61 Å². The fourth-order valence-corrected chi connectivity index (χ4v) is 2.47. The first-order valence-electron chi connectivity index (χ1n) is 9.14. The maximum Gasteiger partial charge on any atom is 0.131 e. The Balaban J connectivity index is 3.46. The van der Waals surface area contributed by atoms with Crippen LogP contribution in [0.2, 0.25) is 0 Å². The molecule has 0 radical (unpaired) electrons. The van der Waals surface area contributed by atoms with Gasteiger partial charge in [0.15, 0.2) is 0 Å². The Labute approximate surface area is 133 Å². The van der Waals surface area contributed by atoms with Crippen LogP contribution in [0.15, 0.2) is 0 Å². The van der Waals surface area contributed by atoms with Crippen LogP contribution in [-0.2, 0) is 9.47 Å². The van der Waals surface area contributed by atoms with E-state index in [2.05, 4.69) is 20.8 Å². The van der Waals surface area contributed by atoms with Gasteiger partial charge in [-0.1, -0.05) is 65.2 Å². The molecule has 0 aromatic carbocycles. The van der Waals surface area contributed by atoms with Gasteiger partial charge in [-0.25, -0.2) is 0 Å². The molecule has 0 spiro atoms. The van der Waals surface area contributed by atoms with Crippen molar-refractivity contribution in [3.8, 4) is 0 Å². The first-order chi connectivity index (χ1) is 10.1. The van der Waals surface area contributed by atoms with Crippen LogP contribution in [0.1, 0.15) is 91.9 Å². The number of ether oxygens (including phenoxy) is 2. The second kappa shape index (κ2) is 14.8. The lowest BCUT2D eigenvalue weighted by atomic mass is 10.1. The topological polar surface area (TPSA) is 44.5 Å². The first kappa shape index (κ1) is 20.9. The van der Waals surface area contributed by atoms with Gasteiger partial charge in [-0.05, 0) is 26.7 Å². The summed E-state index contributed by atoms with van der Waals surface area (Å²) in [5.41, 5.74) is 5.94. The highest BCUT2D eigenvalue weighted by Gasteiger charge is 2.16. The van der Waals surface area contributed by atoms with Crippen LogP contribution in [0.4, 0.5) is 0 Å². The predicted molar refractivity (Wildman–Crippen MR) is 91.5 cm³/mol. The molecule has 0 aliphatic rings. The van der Waals surface area contributed by atoms with Crippen molar-refractivity contribution in [1.29, 1.82) is 0 Å². The van der Waals surface area contributed by atoms with Gasteiger partial charge in [0.2, 0.25) is 0 Å². The highest BCUT2D eigenvalue weighted by Crippen LogP contribution is 2.13. The Bertz CT molecular complexity index is 211. The first-order valence-corrected chi connectivity index (χ1v) is 9.14. The molecule has 3 atom stereocenters. The van der Waals surface area contributed by atoms with Gasteiger partial charge in [0, 0.05) is 6.61 Å². The molecule has 2 N–H and O–H groups in total. The van der Waals surface area contributed by atoms with Gasteiger partial charge in [-0.15, -0.1) is 0 Å². The van der Waals surface area contributed by atoms with Crippen LogP contribution in [0.3, 0.4) is 0 Å². The fraction of sp³-hybridized carbons (Fsp3) is 1.00. The van der Waals surface area contributed by atoms with Crippen LogP contribution in [0, 0.1) is 0 Å². The molecule has 3 heteroatoms. The monoisotopic (exact) mass is 301 g/mol. The van der Waals surface area contributed by atoms with Crippen molar-refractivity contribution in [2.75, 3.05) is 6.61 Å². The lowest BCUT2D eigenvalue weighted by molar-refractivity contribution is -0.0887. The molecule has 0 amide bonds. The lowest BCUT2D eigenvalue weighted by Gasteiger charge is -2.24. The third-order valence-electron chi connectivity index (χ3n) is 3.89. The van der Waals surface area contributed by atoms with Crippen molar-refractivity contribution in [3.05, 3.63) is 0 Å². The second-order valence-electron chi connectivity index (χ2n) is 6.25. The largest absolute Gasteiger partial charge is 0.371 e. The normalized spacial score (nSPS) is 15.9. The van der Waals surface area contributed by atoms with Crippen LogP contribution in [0.25, 0.3) is 0 Å². The molecule has 0 fully saturated rings. The molecule has 0 saturated carbocycles. The number of unbranched alkanes of at least 4 members (excludes halogenated alkanes) is 7. The van der Waals surface area contributed by atoms with Crippen LogP contribution < -0.4 is 5.73 Å². The van der Waals surface area contributed by atoms with E-state index in [1.165, 1.54) is 51.4 Å². The summed E-state index contributed by atoms with van der Waals surface area (Å²) >= 11 is 0. The highest BCUT2D eigenvalue weighted by atomic mass is 16.6. The maximum atomic E-state index is 5.94. The summed E-state index contributed by atoms with van der Waals surface area (Å²) in [6.45, 7) is 9.21. The van der Waals surface area contributed by atoms with E-state index in [0.717, 1.165) is 12.8 Å². The molecular weight excluding hydrogens is 262 g/mol. The average Bonchev–Trinajstić information content (AvgIpc) is 2.47. The average molecular weight is 302 g/mol. The molecule has 3 unspecified atom stereocenters. The third-order valence-corrected chi connectivity index (χ3v) is 3.89. The molecule has 0 aromatic heterocycles. The molecule has 128 valence electrons. The molecule has 21 heavy (non-hydrogen) atoms. The second-order valence-corrected chi connectivity index (χ2v) is 6.25. The SMILES string of the molecule is CCCCCCCCCCC(C)OC(C)C(N)OCCC. The minimum absolute atomic E-state index is 0.0272. The van der Waals surface area contributed by atoms with Gasteiger partial charge in [0.1, 0.15) is 6.23 Å².